The van der Waals surface area contributed by atoms with Crippen molar-refractivity contribution in [2.45, 2.75) is 52.4 Å². The molecule has 0 atom stereocenters. The van der Waals surface area contributed by atoms with Gasteiger partial charge in [-0.2, -0.15) is 0 Å². The van der Waals surface area contributed by atoms with Crippen molar-refractivity contribution in [1.29, 1.82) is 0 Å². The average molecular weight is 380 g/mol. The molecule has 4 nitrogen and oxygen atoms in total. The lowest BCUT2D eigenvalue weighted by Crippen LogP contribution is -2.50. The Morgan fingerprint density at radius 3 is 2.21 bits per heavy atom. The van der Waals surface area contributed by atoms with Gasteiger partial charge in [0.15, 0.2) is 5.78 Å². The van der Waals surface area contributed by atoms with Crippen molar-refractivity contribution in [2.24, 2.45) is 23.2 Å². The molecule has 4 heteroatoms. The van der Waals surface area contributed by atoms with Gasteiger partial charge in [0.05, 0.1) is 0 Å². The summed E-state index contributed by atoms with van der Waals surface area (Å²) in [4.78, 5) is 28.6. The number of carbonyl (C=O) groups is 1. The highest BCUT2D eigenvalue weighted by Crippen LogP contribution is 2.60. The van der Waals surface area contributed by atoms with Crippen LogP contribution in [0.2, 0.25) is 0 Å². The minimum Gasteiger partial charge on any atom is -0.422 e. The van der Waals surface area contributed by atoms with Gasteiger partial charge in [0.1, 0.15) is 11.1 Å². The number of benzene rings is 1. The topological polar surface area (TPSA) is 50.5 Å². The molecule has 4 fully saturated rings. The molecule has 0 amide bonds. The van der Waals surface area contributed by atoms with E-state index in [9.17, 15) is 9.59 Å². The number of anilines is 1. The third kappa shape index (κ3) is 2.72. The van der Waals surface area contributed by atoms with Crippen molar-refractivity contribution in [1.82, 2.24) is 0 Å². The maximum atomic E-state index is 13.6. The molecule has 2 aromatic rings. The summed E-state index contributed by atoms with van der Waals surface area (Å²) in [7, 11) is 0. The predicted molar refractivity (Wildman–Crippen MR) is 111 cm³/mol. The summed E-state index contributed by atoms with van der Waals surface area (Å²) in [5, 5.41) is 0.837. The molecule has 28 heavy (non-hydrogen) atoms. The first-order valence-corrected chi connectivity index (χ1v) is 10.9. The first-order valence-electron chi connectivity index (χ1n) is 10.9. The molecule has 4 bridgehead atoms. The van der Waals surface area contributed by atoms with Gasteiger partial charge >= 0.3 is 5.63 Å². The van der Waals surface area contributed by atoms with Gasteiger partial charge in [0.25, 0.3) is 0 Å². The number of hydrogen-bond acceptors (Lipinski definition) is 4. The van der Waals surface area contributed by atoms with E-state index >= 15 is 0 Å². The number of rotatable bonds is 5. The first kappa shape index (κ1) is 18.0. The molecule has 0 saturated heterocycles. The van der Waals surface area contributed by atoms with Crippen molar-refractivity contribution in [3.05, 3.63) is 40.2 Å². The molecule has 4 aliphatic rings. The van der Waals surface area contributed by atoms with Crippen LogP contribution in [0.4, 0.5) is 5.69 Å². The highest BCUT2D eigenvalue weighted by Gasteiger charge is 2.55. The van der Waals surface area contributed by atoms with Gasteiger partial charge in [-0.15, -0.1) is 0 Å². The van der Waals surface area contributed by atoms with Crippen molar-refractivity contribution in [3.63, 3.8) is 0 Å². The second-order valence-electron chi connectivity index (χ2n) is 9.37. The molecule has 0 aliphatic heterocycles. The molecule has 4 aliphatic carbocycles. The Morgan fingerprint density at radius 1 is 1.04 bits per heavy atom. The molecule has 148 valence electrons. The van der Waals surface area contributed by atoms with Gasteiger partial charge in [-0.3, -0.25) is 4.79 Å². The third-order valence-electron chi connectivity index (χ3n) is 7.61. The predicted octanol–water partition coefficient (Wildman–Crippen LogP) is 5.04. The van der Waals surface area contributed by atoms with Gasteiger partial charge in [-0.25, -0.2) is 4.79 Å². The fraction of sp³-hybridized carbons (Fsp3) is 0.583. The van der Waals surface area contributed by atoms with E-state index < -0.39 is 5.63 Å². The van der Waals surface area contributed by atoms with Crippen molar-refractivity contribution >= 4 is 22.4 Å². The molecule has 0 N–H and O–H groups in total. The Kier molecular flexibility index (Phi) is 4.15. The van der Waals surface area contributed by atoms with E-state index in [4.69, 9.17) is 4.42 Å². The van der Waals surface area contributed by atoms with Gasteiger partial charge in [0, 0.05) is 35.6 Å². The summed E-state index contributed by atoms with van der Waals surface area (Å²) in [5.41, 5.74) is 1.10. The summed E-state index contributed by atoms with van der Waals surface area (Å²) in [6.45, 7) is 6.01. The number of carbonyl (C=O) groups excluding carboxylic acids is 1. The van der Waals surface area contributed by atoms with E-state index in [1.165, 1.54) is 19.3 Å². The maximum absolute atomic E-state index is 13.6. The summed E-state index contributed by atoms with van der Waals surface area (Å²) in [6.07, 6.45) is 6.76. The number of hydrogen-bond donors (Lipinski definition) is 0. The van der Waals surface area contributed by atoms with Gasteiger partial charge in [-0.05, 0) is 88.3 Å². The number of ketones is 1. The van der Waals surface area contributed by atoms with Crippen LogP contribution >= 0.6 is 0 Å². The maximum Gasteiger partial charge on any atom is 0.347 e. The molecule has 6 rings (SSSR count). The monoisotopic (exact) mass is 379 g/mol. The van der Waals surface area contributed by atoms with E-state index in [2.05, 4.69) is 18.7 Å². The lowest BCUT2D eigenvalue weighted by molar-refractivity contribution is -0.0354. The molecule has 4 saturated carbocycles. The standard InChI is InChI=1S/C24H29NO3/c1-3-25(4-2)19-6-5-18-10-20(23(27)28-21(18)11-19)22(26)24-12-15-7-16(13-24)9-17(8-15)14-24/h5-6,10-11,15-17H,3-4,7-9,12-14H2,1-2H3. The normalized spacial score (nSPS) is 30.7. The molecule has 1 heterocycles. The molecule has 1 aromatic heterocycles. The Hall–Kier alpha value is -2.10. The van der Waals surface area contributed by atoms with E-state index in [0.717, 1.165) is 43.4 Å². The number of fused-ring (bicyclic) bond motifs is 1. The Labute approximate surface area is 165 Å². The van der Waals surface area contributed by atoms with Crippen LogP contribution < -0.4 is 10.5 Å². The second-order valence-corrected chi connectivity index (χ2v) is 9.37. The molecular weight excluding hydrogens is 350 g/mol. The molecule has 0 unspecified atom stereocenters. The van der Waals surface area contributed by atoms with Crippen molar-refractivity contribution in [2.75, 3.05) is 18.0 Å². The smallest absolute Gasteiger partial charge is 0.347 e. The van der Waals surface area contributed by atoms with Crippen molar-refractivity contribution in [3.8, 4) is 0 Å². The highest BCUT2D eigenvalue weighted by molar-refractivity contribution is 6.02. The largest absolute Gasteiger partial charge is 0.422 e. The highest BCUT2D eigenvalue weighted by atomic mass is 16.4. The van der Waals surface area contributed by atoms with Gasteiger partial charge < -0.3 is 9.32 Å². The van der Waals surface area contributed by atoms with Crippen LogP contribution in [0.25, 0.3) is 11.0 Å². The molecular formula is C24H29NO3. The van der Waals surface area contributed by atoms with Crippen LogP contribution in [0, 0.1) is 23.2 Å². The Bertz CT molecular complexity index is 950. The fourth-order valence-corrected chi connectivity index (χ4v) is 6.72. The number of Topliss-reactive ketones (excluding diaryl/α,β-unsaturated/α-hetero) is 1. The Morgan fingerprint density at radius 2 is 1.64 bits per heavy atom. The first-order chi connectivity index (χ1) is 13.5. The zero-order chi connectivity index (χ0) is 19.5. The third-order valence-corrected chi connectivity index (χ3v) is 7.61. The summed E-state index contributed by atoms with van der Waals surface area (Å²) in [6, 6.07) is 7.73. The Balaban J connectivity index is 1.52. The zero-order valence-electron chi connectivity index (χ0n) is 16.9. The SMILES string of the molecule is CCN(CC)c1ccc2cc(C(=O)C34CC5CC(CC(C5)C3)C4)c(=O)oc2c1. The summed E-state index contributed by atoms with van der Waals surface area (Å²) >= 11 is 0. The van der Waals surface area contributed by atoms with Gasteiger partial charge in [0.2, 0.25) is 0 Å². The van der Waals surface area contributed by atoms with E-state index in [1.807, 2.05) is 18.2 Å². The van der Waals surface area contributed by atoms with Crippen LogP contribution in [0.15, 0.2) is 33.5 Å². The fourth-order valence-electron chi connectivity index (χ4n) is 6.72. The van der Waals surface area contributed by atoms with Crippen LogP contribution in [0.1, 0.15) is 62.7 Å². The molecule has 0 radical (unpaired) electrons. The van der Waals surface area contributed by atoms with E-state index in [0.29, 0.717) is 23.3 Å². The van der Waals surface area contributed by atoms with Crippen LogP contribution in [-0.2, 0) is 0 Å². The van der Waals surface area contributed by atoms with Crippen LogP contribution in [-0.4, -0.2) is 18.9 Å². The van der Waals surface area contributed by atoms with Crippen LogP contribution in [0.3, 0.4) is 0 Å². The zero-order valence-corrected chi connectivity index (χ0v) is 16.9. The lowest BCUT2D eigenvalue weighted by Gasteiger charge is -2.55. The van der Waals surface area contributed by atoms with E-state index in [-0.39, 0.29) is 16.8 Å². The minimum atomic E-state index is -0.468. The van der Waals surface area contributed by atoms with Gasteiger partial charge in [-0.1, -0.05) is 0 Å². The minimum absolute atomic E-state index is 0.0510. The van der Waals surface area contributed by atoms with Crippen LogP contribution in [0.5, 0.6) is 0 Å². The molecule has 0 spiro atoms. The summed E-state index contributed by atoms with van der Waals surface area (Å²) in [5.74, 6) is 2.09. The molecule has 1 aromatic carbocycles. The second kappa shape index (κ2) is 6.47. The lowest BCUT2D eigenvalue weighted by atomic mass is 9.48. The average Bonchev–Trinajstić information content (AvgIpc) is 2.67. The number of nitrogens with zero attached hydrogens (tertiary/aromatic N) is 1. The van der Waals surface area contributed by atoms with E-state index in [1.54, 1.807) is 6.07 Å². The van der Waals surface area contributed by atoms with Crippen molar-refractivity contribution < 1.29 is 9.21 Å². The quantitative estimate of drug-likeness (QED) is 0.539. The summed E-state index contributed by atoms with van der Waals surface area (Å²) < 4.78 is 5.65.